The number of rotatable bonds is 3. The average Bonchev–Trinajstić information content (AvgIpc) is 3.11. The van der Waals surface area contributed by atoms with E-state index in [2.05, 4.69) is 0 Å². The molecule has 3 rings (SSSR count). The van der Waals surface area contributed by atoms with Gasteiger partial charge in [-0.25, -0.2) is 13.2 Å². The molecule has 0 bridgehead atoms. The molecule has 2 aliphatic rings. The Hall–Kier alpha value is -1.60. The van der Waals surface area contributed by atoms with Gasteiger partial charge in [-0.05, 0) is 71.4 Å². The quantitative estimate of drug-likeness (QED) is 0.763. The fraction of sp³-hybridized carbons (Fsp3) is 0.667. The molecule has 2 fully saturated rings. The molecular weight excluding hydrogens is 376 g/mol. The summed E-state index contributed by atoms with van der Waals surface area (Å²) in [5.74, 6) is 0.319. The normalized spacial score (nSPS) is 22.4. The summed E-state index contributed by atoms with van der Waals surface area (Å²) in [5, 5.41) is 0. The molecule has 7 heteroatoms. The van der Waals surface area contributed by atoms with Crippen LogP contribution in [0.5, 0.6) is 0 Å². The maximum atomic E-state index is 12.9. The van der Waals surface area contributed by atoms with E-state index in [0.29, 0.717) is 23.9 Å². The highest BCUT2D eigenvalue weighted by Gasteiger charge is 2.39. The van der Waals surface area contributed by atoms with E-state index >= 15 is 0 Å². The Bertz CT molecular complexity index is 791. The molecule has 0 radical (unpaired) electrons. The minimum Gasteiger partial charge on any atom is -0.444 e. The van der Waals surface area contributed by atoms with Crippen molar-refractivity contribution in [2.45, 2.75) is 69.9 Å². The molecule has 0 saturated carbocycles. The third-order valence-corrected chi connectivity index (χ3v) is 7.54. The largest absolute Gasteiger partial charge is 0.444 e. The van der Waals surface area contributed by atoms with Crippen LogP contribution in [-0.2, 0) is 14.8 Å². The second kappa shape index (κ2) is 8.03. The topological polar surface area (TPSA) is 66.9 Å². The number of hydrogen-bond acceptors (Lipinski definition) is 4. The monoisotopic (exact) mass is 408 g/mol. The van der Waals surface area contributed by atoms with Crippen molar-refractivity contribution in [2.24, 2.45) is 5.92 Å². The lowest BCUT2D eigenvalue weighted by atomic mass is 9.89. The van der Waals surface area contributed by atoms with Crippen LogP contribution < -0.4 is 0 Å². The van der Waals surface area contributed by atoms with Crippen LogP contribution in [0.25, 0.3) is 0 Å². The van der Waals surface area contributed by atoms with Crippen molar-refractivity contribution in [2.75, 3.05) is 19.6 Å². The second-order valence-corrected chi connectivity index (χ2v) is 10.9. The number of nitrogens with zero attached hydrogens (tertiary/aromatic N) is 2. The Morgan fingerprint density at radius 3 is 2.21 bits per heavy atom. The summed E-state index contributed by atoms with van der Waals surface area (Å²) in [5.41, 5.74) is 0.538. The van der Waals surface area contributed by atoms with Crippen LogP contribution in [0.4, 0.5) is 4.79 Å². The minimum atomic E-state index is -3.45. The van der Waals surface area contributed by atoms with Crippen LogP contribution in [0.2, 0.25) is 0 Å². The van der Waals surface area contributed by atoms with Gasteiger partial charge in [-0.15, -0.1) is 0 Å². The van der Waals surface area contributed by atoms with E-state index in [9.17, 15) is 13.2 Å². The van der Waals surface area contributed by atoms with Gasteiger partial charge in [0.25, 0.3) is 0 Å². The molecule has 2 heterocycles. The molecule has 1 aromatic rings. The molecule has 156 valence electrons. The molecule has 0 aromatic heterocycles. The van der Waals surface area contributed by atoms with Crippen LogP contribution in [0.3, 0.4) is 0 Å². The number of hydrogen-bond donors (Lipinski definition) is 0. The van der Waals surface area contributed by atoms with Crippen LogP contribution in [0.15, 0.2) is 29.2 Å². The predicted octanol–water partition coefficient (Wildman–Crippen LogP) is 3.80. The van der Waals surface area contributed by atoms with Gasteiger partial charge in [-0.2, -0.15) is 4.31 Å². The third kappa shape index (κ3) is 4.69. The first-order chi connectivity index (χ1) is 13.1. The second-order valence-electron chi connectivity index (χ2n) is 8.94. The number of piperidine rings is 1. The third-order valence-electron chi connectivity index (χ3n) is 5.63. The molecule has 0 spiro atoms. The minimum absolute atomic E-state index is 0.152. The van der Waals surface area contributed by atoms with Crippen LogP contribution in [-0.4, -0.2) is 55.0 Å². The highest BCUT2D eigenvalue weighted by molar-refractivity contribution is 7.89. The number of benzene rings is 1. The van der Waals surface area contributed by atoms with Crippen LogP contribution in [0, 0.1) is 12.8 Å². The number of amides is 1. The summed E-state index contributed by atoms with van der Waals surface area (Å²) in [7, 11) is -3.45. The Kier molecular flexibility index (Phi) is 6.05. The molecule has 2 aliphatic heterocycles. The number of aryl methyl sites for hydroxylation is 1. The summed E-state index contributed by atoms with van der Waals surface area (Å²) in [6.45, 7) is 9.31. The van der Waals surface area contributed by atoms with Gasteiger partial charge in [0.15, 0.2) is 0 Å². The van der Waals surface area contributed by atoms with Crippen molar-refractivity contribution in [1.82, 2.24) is 9.21 Å². The Balaban J connectivity index is 1.63. The standard InChI is InChI=1S/C21H32N2O4S/c1-16-7-9-18(10-8-16)28(25,26)22-14-11-17(12-15-22)19-6-5-13-23(19)20(24)27-21(2,3)4/h7-10,17,19H,5-6,11-15H2,1-4H3/t19-/m1/s1. The van der Waals surface area contributed by atoms with E-state index in [1.165, 1.54) is 0 Å². The molecule has 28 heavy (non-hydrogen) atoms. The summed E-state index contributed by atoms with van der Waals surface area (Å²) in [4.78, 5) is 14.8. The van der Waals surface area contributed by atoms with Crippen molar-refractivity contribution < 1.29 is 17.9 Å². The maximum absolute atomic E-state index is 12.9. The van der Waals surface area contributed by atoms with E-state index in [1.807, 2.05) is 44.7 Å². The molecule has 0 N–H and O–H groups in total. The fourth-order valence-electron chi connectivity index (χ4n) is 4.19. The molecular formula is C21H32N2O4S. The summed E-state index contributed by atoms with van der Waals surface area (Å²) in [6.07, 6.45) is 3.24. The van der Waals surface area contributed by atoms with Crippen LogP contribution >= 0.6 is 0 Å². The van der Waals surface area contributed by atoms with Gasteiger partial charge in [0.05, 0.1) is 4.90 Å². The highest BCUT2D eigenvalue weighted by Crippen LogP contribution is 2.33. The lowest BCUT2D eigenvalue weighted by Gasteiger charge is -2.38. The zero-order valence-corrected chi connectivity index (χ0v) is 18.2. The van der Waals surface area contributed by atoms with Gasteiger partial charge < -0.3 is 9.64 Å². The summed E-state index contributed by atoms with van der Waals surface area (Å²) >= 11 is 0. The first-order valence-electron chi connectivity index (χ1n) is 10.1. The van der Waals surface area contributed by atoms with Gasteiger partial charge in [-0.1, -0.05) is 17.7 Å². The van der Waals surface area contributed by atoms with E-state index < -0.39 is 15.6 Å². The molecule has 1 atom stereocenters. The van der Waals surface area contributed by atoms with Crippen molar-refractivity contribution in [1.29, 1.82) is 0 Å². The van der Waals surface area contributed by atoms with Gasteiger partial charge >= 0.3 is 6.09 Å². The maximum Gasteiger partial charge on any atom is 0.410 e. The smallest absolute Gasteiger partial charge is 0.410 e. The first-order valence-corrected chi connectivity index (χ1v) is 11.6. The molecule has 0 aliphatic carbocycles. The number of carbonyl (C=O) groups excluding carboxylic acids is 1. The first kappa shape index (κ1) is 21.1. The fourth-order valence-corrected chi connectivity index (χ4v) is 5.66. The molecule has 1 aromatic carbocycles. The molecule has 2 saturated heterocycles. The van der Waals surface area contributed by atoms with E-state index in [0.717, 1.165) is 37.8 Å². The Morgan fingerprint density at radius 2 is 1.64 bits per heavy atom. The average molecular weight is 409 g/mol. The zero-order chi connectivity index (χ0) is 20.5. The highest BCUT2D eigenvalue weighted by atomic mass is 32.2. The van der Waals surface area contributed by atoms with Gasteiger partial charge in [0, 0.05) is 25.7 Å². The van der Waals surface area contributed by atoms with E-state index in [-0.39, 0.29) is 12.1 Å². The SMILES string of the molecule is Cc1ccc(S(=O)(=O)N2CCC([C@H]3CCCN3C(=O)OC(C)(C)C)CC2)cc1. The number of carbonyl (C=O) groups is 1. The molecule has 1 amide bonds. The van der Waals surface area contributed by atoms with Crippen molar-refractivity contribution in [3.8, 4) is 0 Å². The Labute approximate surface area is 168 Å². The van der Waals surface area contributed by atoms with Crippen LogP contribution in [0.1, 0.15) is 52.0 Å². The molecule has 6 nitrogen and oxygen atoms in total. The zero-order valence-electron chi connectivity index (χ0n) is 17.3. The Morgan fingerprint density at radius 1 is 1.04 bits per heavy atom. The molecule has 0 unspecified atom stereocenters. The number of sulfonamides is 1. The lowest BCUT2D eigenvalue weighted by Crippen LogP contribution is -2.47. The van der Waals surface area contributed by atoms with E-state index in [1.54, 1.807) is 16.4 Å². The lowest BCUT2D eigenvalue weighted by molar-refractivity contribution is 0.0150. The van der Waals surface area contributed by atoms with E-state index in [4.69, 9.17) is 4.74 Å². The van der Waals surface area contributed by atoms with Crippen molar-refractivity contribution >= 4 is 16.1 Å². The predicted molar refractivity (Wildman–Crippen MR) is 109 cm³/mol. The number of likely N-dealkylation sites (tertiary alicyclic amines) is 1. The van der Waals surface area contributed by atoms with Gasteiger partial charge in [-0.3, -0.25) is 0 Å². The van der Waals surface area contributed by atoms with Crippen molar-refractivity contribution in [3.05, 3.63) is 29.8 Å². The van der Waals surface area contributed by atoms with Crippen molar-refractivity contribution in [3.63, 3.8) is 0 Å². The van der Waals surface area contributed by atoms with Gasteiger partial charge in [0.2, 0.25) is 10.0 Å². The summed E-state index contributed by atoms with van der Waals surface area (Å²) in [6, 6.07) is 7.17. The number of ether oxygens (including phenoxy) is 1. The summed E-state index contributed by atoms with van der Waals surface area (Å²) < 4.78 is 32.9. The van der Waals surface area contributed by atoms with Gasteiger partial charge in [0.1, 0.15) is 5.60 Å².